The number of halogens is 1. The number of aromatic nitrogens is 3. The van der Waals surface area contributed by atoms with Crippen LogP contribution in [-0.2, 0) is 0 Å². The Bertz CT molecular complexity index is 539. The van der Waals surface area contributed by atoms with Gasteiger partial charge in [-0.3, -0.25) is 4.98 Å². The maximum Gasteiger partial charge on any atom is 0.231 e. The molecule has 0 saturated carbocycles. The third kappa shape index (κ3) is 2.93. The Morgan fingerprint density at radius 2 is 2.26 bits per heavy atom. The molecule has 0 aliphatic heterocycles. The first-order chi connectivity index (χ1) is 9.17. The molecule has 0 radical (unpaired) electrons. The molecule has 0 saturated heterocycles. The van der Waals surface area contributed by atoms with Gasteiger partial charge in [0.25, 0.3) is 0 Å². The molecular formula is C13H17ClN4O. The Morgan fingerprint density at radius 1 is 1.47 bits per heavy atom. The lowest BCUT2D eigenvalue weighted by Gasteiger charge is -2.18. The summed E-state index contributed by atoms with van der Waals surface area (Å²) in [7, 11) is 1.93. The Balaban J connectivity index is 2.27. The Labute approximate surface area is 117 Å². The molecule has 0 spiro atoms. The SMILES string of the molecule is CCC(NC)C(C)c1nc(-c2ncccc2Cl)no1. The van der Waals surface area contributed by atoms with Crippen LogP contribution in [0.25, 0.3) is 11.5 Å². The second kappa shape index (κ2) is 6.12. The third-order valence-electron chi connectivity index (χ3n) is 3.22. The molecule has 0 amide bonds. The van der Waals surface area contributed by atoms with E-state index in [0.717, 1.165) is 6.42 Å². The fourth-order valence-electron chi connectivity index (χ4n) is 2.05. The summed E-state index contributed by atoms with van der Waals surface area (Å²) in [6, 6.07) is 3.82. The van der Waals surface area contributed by atoms with Crippen LogP contribution in [0.15, 0.2) is 22.9 Å². The number of pyridine rings is 1. The monoisotopic (exact) mass is 280 g/mol. The molecule has 2 aromatic rings. The molecule has 2 heterocycles. The van der Waals surface area contributed by atoms with Gasteiger partial charge in [0, 0.05) is 12.2 Å². The molecule has 6 heteroatoms. The Morgan fingerprint density at radius 3 is 2.89 bits per heavy atom. The largest absolute Gasteiger partial charge is 0.339 e. The van der Waals surface area contributed by atoms with E-state index in [-0.39, 0.29) is 5.92 Å². The third-order valence-corrected chi connectivity index (χ3v) is 3.52. The molecule has 5 nitrogen and oxygen atoms in total. The standard InChI is InChI=1S/C13H17ClN4O/c1-4-10(15-3)8(2)13-17-12(18-19-13)11-9(14)6-5-7-16-11/h5-8,10,15H,4H2,1-3H3. The van der Waals surface area contributed by atoms with Crippen molar-refractivity contribution in [2.24, 2.45) is 0 Å². The molecule has 1 N–H and O–H groups in total. The summed E-state index contributed by atoms with van der Waals surface area (Å²) in [6.07, 6.45) is 2.64. The minimum absolute atomic E-state index is 0.138. The van der Waals surface area contributed by atoms with Crippen molar-refractivity contribution in [2.75, 3.05) is 7.05 Å². The highest BCUT2D eigenvalue weighted by molar-refractivity contribution is 6.32. The van der Waals surface area contributed by atoms with Gasteiger partial charge in [0.05, 0.1) is 10.9 Å². The lowest BCUT2D eigenvalue weighted by molar-refractivity contribution is 0.326. The summed E-state index contributed by atoms with van der Waals surface area (Å²) in [6.45, 7) is 4.17. The number of likely N-dealkylation sites (N-methyl/N-ethyl adjacent to an activating group) is 1. The van der Waals surface area contributed by atoms with E-state index in [2.05, 4.69) is 34.3 Å². The quantitative estimate of drug-likeness (QED) is 0.912. The van der Waals surface area contributed by atoms with Crippen LogP contribution in [0.4, 0.5) is 0 Å². The Hall–Kier alpha value is -1.46. The van der Waals surface area contributed by atoms with Crippen LogP contribution in [0.5, 0.6) is 0 Å². The molecule has 2 aromatic heterocycles. The van der Waals surface area contributed by atoms with E-state index in [4.69, 9.17) is 16.1 Å². The minimum Gasteiger partial charge on any atom is -0.339 e. The molecule has 0 aliphatic carbocycles. The van der Waals surface area contributed by atoms with Crippen molar-refractivity contribution < 1.29 is 4.52 Å². The zero-order valence-corrected chi connectivity index (χ0v) is 12.0. The molecule has 102 valence electrons. The highest BCUT2D eigenvalue weighted by Crippen LogP contribution is 2.25. The second-order valence-corrected chi connectivity index (χ2v) is 4.79. The highest BCUT2D eigenvalue weighted by atomic mass is 35.5. The van der Waals surface area contributed by atoms with Crippen molar-refractivity contribution in [1.82, 2.24) is 20.4 Å². The predicted molar refractivity (Wildman–Crippen MR) is 74.1 cm³/mol. The van der Waals surface area contributed by atoms with E-state index in [1.165, 1.54) is 0 Å². The topological polar surface area (TPSA) is 63.8 Å². The first-order valence-electron chi connectivity index (χ1n) is 6.29. The molecule has 0 aliphatic rings. The number of hydrogen-bond donors (Lipinski definition) is 1. The normalized spacial score (nSPS) is 14.3. The molecular weight excluding hydrogens is 264 g/mol. The van der Waals surface area contributed by atoms with Crippen LogP contribution >= 0.6 is 11.6 Å². The van der Waals surface area contributed by atoms with Crippen molar-refractivity contribution in [2.45, 2.75) is 32.2 Å². The van der Waals surface area contributed by atoms with E-state index in [9.17, 15) is 0 Å². The zero-order chi connectivity index (χ0) is 13.8. The van der Waals surface area contributed by atoms with Crippen molar-refractivity contribution >= 4 is 11.6 Å². The Kier molecular flexibility index (Phi) is 4.50. The van der Waals surface area contributed by atoms with Gasteiger partial charge in [0.2, 0.25) is 11.7 Å². The van der Waals surface area contributed by atoms with Gasteiger partial charge in [-0.05, 0) is 25.6 Å². The van der Waals surface area contributed by atoms with Crippen molar-refractivity contribution in [3.05, 3.63) is 29.2 Å². The van der Waals surface area contributed by atoms with Crippen LogP contribution in [0.2, 0.25) is 5.02 Å². The average molecular weight is 281 g/mol. The van der Waals surface area contributed by atoms with Crippen LogP contribution in [0.3, 0.4) is 0 Å². The summed E-state index contributed by atoms with van der Waals surface area (Å²) >= 11 is 6.07. The average Bonchev–Trinajstić information content (AvgIpc) is 2.90. The van der Waals surface area contributed by atoms with E-state index >= 15 is 0 Å². The number of rotatable bonds is 5. The molecule has 0 fully saturated rings. The highest BCUT2D eigenvalue weighted by Gasteiger charge is 2.22. The van der Waals surface area contributed by atoms with Crippen LogP contribution in [-0.4, -0.2) is 28.2 Å². The van der Waals surface area contributed by atoms with Gasteiger partial charge < -0.3 is 9.84 Å². The van der Waals surface area contributed by atoms with Gasteiger partial charge in [-0.1, -0.05) is 30.6 Å². The van der Waals surface area contributed by atoms with Crippen LogP contribution in [0.1, 0.15) is 32.1 Å². The molecule has 2 rings (SSSR count). The smallest absolute Gasteiger partial charge is 0.231 e. The van der Waals surface area contributed by atoms with E-state index in [1.54, 1.807) is 18.3 Å². The molecule has 0 bridgehead atoms. The number of nitrogens with one attached hydrogen (secondary N) is 1. The van der Waals surface area contributed by atoms with Gasteiger partial charge in [-0.2, -0.15) is 4.98 Å². The van der Waals surface area contributed by atoms with Crippen LogP contribution < -0.4 is 5.32 Å². The summed E-state index contributed by atoms with van der Waals surface area (Å²) < 4.78 is 5.32. The van der Waals surface area contributed by atoms with Crippen molar-refractivity contribution in [1.29, 1.82) is 0 Å². The van der Waals surface area contributed by atoms with Crippen molar-refractivity contribution in [3.8, 4) is 11.5 Å². The fraction of sp³-hybridized carbons (Fsp3) is 0.462. The molecule has 2 unspecified atom stereocenters. The van der Waals surface area contributed by atoms with E-state index in [0.29, 0.717) is 28.5 Å². The first kappa shape index (κ1) is 14.0. The second-order valence-electron chi connectivity index (χ2n) is 4.38. The molecule has 19 heavy (non-hydrogen) atoms. The minimum atomic E-state index is 0.138. The fourth-order valence-corrected chi connectivity index (χ4v) is 2.25. The van der Waals surface area contributed by atoms with Gasteiger partial charge >= 0.3 is 0 Å². The first-order valence-corrected chi connectivity index (χ1v) is 6.67. The lowest BCUT2D eigenvalue weighted by Crippen LogP contribution is -2.30. The lowest BCUT2D eigenvalue weighted by atomic mass is 10.00. The maximum atomic E-state index is 6.07. The van der Waals surface area contributed by atoms with E-state index in [1.807, 2.05) is 7.05 Å². The van der Waals surface area contributed by atoms with Gasteiger partial charge in [-0.15, -0.1) is 0 Å². The predicted octanol–water partition coefficient (Wildman–Crippen LogP) is 2.89. The summed E-state index contributed by atoms with van der Waals surface area (Å²) in [5.41, 5.74) is 0.545. The maximum absolute atomic E-state index is 6.07. The van der Waals surface area contributed by atoms with Gasteiger partial charge in [-0.25, -0.2) is 0 Å². The van der Waals surface area contributed by atoms with E-state index < -0.39 is 0 Å². The molecule has 0 aromatic carbocycles. The zero-order valence-electron chi connectivity index (χ0n) is 11.2. The van der Waals surface area contributed by atoms with Crippen LogP contribution in [0, 0.1) is 0 Å². The number of hydrogen-bond acceptors (Lipinski definition) is 5. The van der Waals surface area contributed by atoms with Gasteiger partial charge in [0.15, 0.2) is 0 Å². The summed E-state index contributed by atoms with van der Waals surface area (Å²) in [4.78, 5) is 8.57. The summed E-state index contributed by atoms with van der Waals surface area (Å²) in [5.74, 6) is 1.16. The summed E-state index contributed by atoms with van der Waals surface area (Å²) in [5, 5.41) is 7.72. The number of nitrogens with zero attached hydrogens (tertiary/aromatic N) is 3. The van der Waals surface area contributed by atoms with Gasteiger partial charge in [0.1, 0.15) is 5.69 Å². The molecule has 2 atom stereocenters. The van der Waals surface area contributed by atoms with Crippen molar-refractivity contribution in [3.63, 3.8) is 0 Å².